The molecule has 6 heteroatoms. The van der Waals surface area contributed by atoms with E-state index in [9.17, 15) is 9.59 Å². The van der Waals surface area contributed by atoms with Crippen LogP contribution in [0.5, 0.6) is 5.75 Å². The molecule has 2 aromatic rings. The lowest BCUT2D eigenvalue weighted by molar-refractivity contribution is -0.136. The number of carbonyl (C=O) groups excluding carboxylic acids is 2. The molecule has 1 aromatic heterocycles. The van der Waals surface area contributed by atoms with E-state index in [0.29, 0.717) is 31.8 Å². The maximum Gasteiger partial charge on any atom is 0.272 e. The van der Waals surface area contributed by atoms with Crippen molar-refractivity contribution in [1.29, 1.82) is 0 Å². The van der Waals surface area contributed by atoms with E-state index in [4.69, 9.17) is 4.74 Å². The van der Waals surface area contributed by atoms with Crippen molar-refractivity contribution in [1.82, 2.24) is 14.8 Å². The molecule has 164 valence electrons. The van der Waals surface area contributed by atoms with Crippen LogP contribution in [0.2, 0.25) is 0 Å². The lowest BCUT2D eigenvalue weighted by Crippen LogP contribution is -2.48. The highest BCUT2D eigenvalue weighted by Crippen LogP contribution is 2.37. The second kappa shape index (κ2) is 9.94. The fourth-order valence-corrected chi connectivity index (χ4v) is 4.54. The summed E-state index contributed by atoms with van der Waals surface area (Å²) in [7, 11) is 0. The first-order valence-electron chi connectivity index (χ1n) is 11.3. The second-order valence-corrected chi connectivity index (χ2v) is 8.73. The van der Waals surface area contributed by atoms with Gasteiger partial charge in [-0.1, -0.05) is 24.3 Å². The Labute approximate surface area is 184 Å². The zero-order valence-corrected chi connectivity index (χ0v) is 18.0. The number of carbonyl (C=O) groups is 2. The van der Waals surface area contributed by atoms with Crippen molar-refractivity contribution in [3.8, 4) is 5.75 Å². The molecular weight excluding hydrogens is 390 g/mol. The van der Waals surface area contributed by atoms with E-state index in [-0.39, 0.29) is 17.2 Å². The van der Waals surface area contributed by atoms with Crippen LogP contribution in [0, 0.1) is 5.41 Å². The Kier molecular flexibility index (Phi) is 6.85. The summed E-state index contributed by atoms with van der Waals surface area (Å²) in [5.74, 6) is 1.00. The summed E-state index contributed by atoms with van der Waals surface area (Å²) in [6, 6.07) is 15.2. The van der Waals surface area contributed by atoms with Gasteiger partial charge in [0.1, 0.15) is 11.4 Å². The Hall–Kier alpha value is -2.89. The van der Waals surface area contributed by atoms with E-state index in [1.54, 1.807) is 12.3 Å². The molecular formula is C25H31N3O3. The minimum absolute atomic E-state index is 0.0412. The molecule has 2 fully saturated rings. The number of hydrogen-bond donors (Lipinski definition) is 0. The van der Waals surface area contributed by atoms with Crippen LogP contribution in [0.3, 0.4) is 0 Å². The van der Waals surface area contributed by atoms with Crippen LogP contribution in [0.25, 0.3) is 0 Å². The SMILES string of the molecule is O=C(CC1(COc2ccccc2)CCN(C(=O)c2ccccn2)CC1)N1CCCCC1. The van der Waals surface area contributed by atoms with Crippen molar-refractivity contribution >= 4 is 11.8 Å². The molecule has 0 atom stereocenters. The average Bonchev–Trinajstić information content (AvgIpc) is 2.85. The zero-order chi connectivity index (χ0) is 21.5. The molecule has 2 amide bonds. The van der Waals surface area contributed by atoms with Gasteiger partial charge in [0.05, 0.1) is 6.61 Å². The highest BCUT2D eigenvalue weighted by Gasteiger charge is 2.40. The van der Waals surface area contributed by atoms with Gasteiger partial charge in [-0.2, -0.15) is 0 Å². The quantitative estimate of drug-likeness (QED) is 0.712. The molecule has 0 N–H and O–H groups in total. The first-order chi connectivity index (χ1) is 15.2. The summed E-state index contributed by atoms with van der Waals surface area (Å²) in [6.07, 6.45) is 7.00. The number of pyridine rings is 1. The number of ether oxygens (including phenoxy) is 1. The monoisotopic (exact) mass is 421 g/mol. The Balaban J connectivity index is 1.44. The van der Waals surface area contributed by atoms with Gasteiger partial charge in [0.15, 0.2) is 0 Å². The van der Waals surface area contributed by atoms with Crippen molar-refractivity contribution in [2.24, 2.45) is 5.41 Å². The van der Waals surface area contributed by atoms with Crippen LogP contribution in [-0.2, 0) is 4.79 Å². The standard InChI is InChI=1S/C25H31N3O3/c29-23(27-15-7-2-8-16-27)19-25(20-31-21-9-3-1-4-10-21)12-17-28(18-13-25)24(30)22-11-5-6-14-26-22/h1,3-6,9-11,14H,2,7-8,12-13,15-20H2. The smallest absolute Gasteiger partial charge is 0.272 e. The van der Waals surface area contributed by atoms with Crippen molar-refractivity contribution in [3.05, 3.63) is 60.4 Å². The minimum atomic E-state index is -0.259. The van der Waals surface area contributed by atoms with E-state index < -0.39 is 0 Å². The Morgan fingerprint density at radius 2 is 1.58 bits per heavy atom. The van der Waals surface area contributed by atoms with Gasteiger partial charge in [-0.15, -0.1) is 0 Å². The number of hydrogen-bond acceptors (Lipinski definition) is 4. The minimum Gasteiger partial charge on any atom is -0.493 e. The maximum absolute atomic E-state index is 13.1. The van der Waals surface area contributed by atoms with Gasteiger partial charge in [-0.05, 0) is 56.4 Å². The molecule has 3 heterocycles. The summed E-state index contributed by atoms with van der Waals surface area (Å²) < 4.78 is 6.13. The molecule has 1 aromatic carbocycles. The number of benzene rings is 1. The third-order valence-electron chi connectivity index (χ3n) is 6.52. The van der Waals surface area contributed by atoms with Gasteiger partial charge >= 0.3 is 0 Å². The zero-order valence-electron chi connectivity index (χ0n) is 18.0. The predicted molar refractivity (Wildman–Crippen MR) is 119 cm³/mol. The normalized spacial score (nSPS) is 18.5. The lowest BCUT2D eigenvalue weighted by atomic mass is 9.75. The van der Waals surface area contributed by atoms with E-state index in [1.807, 2.05) is 52.3 Å². The number of piperidine rings is 2. The first kappa shape index (κ1) is 21.3. The second-order valence-electron chi connectivity index (χ2n) is 8.73. The Bertz CT molecular complexity index is 858. The molecule has 0 saturated carbocycles. The fourth-order valence-electron chi connectivity index (χ4n) is 4.54. The van der Waals surface area contributed by atoms with Gasteiger partial charge < -0.3 is 14.5 Å². The number of amides is 2. The first-order valence-corrected chi connectivity index (χ1v) is 11.3. The van der Waals surface area contributed by atoms with Crippen LogP contribution >= 0.6 is 0 Å². The number of nitrogens with zero attached hydrogens (tertiary/aromatic N) is 3. The van der Waals surface area contributed by atoms with E-state index in [2.05, 4.69) is 4.98 Å². The molecule has 0 aliphatic carbocycles. The summed E-state index contributed by atoms with van der Waals surface area (Å²) >= 11 is 0. The van der Waals surface area contributed by atoms with E-state index >= 15 is 0 Å². The van der Waals surface area contributed by atoms with Crippen LogP contribution < -0.4 is 4.74 Å². The topological polar surface area (TPSA) is 62.7 Å². The van der Waals surface area contributed by atoms with Crippen molar-refractivity contribution < 1.29 is 14.3 Å². The molecule has 4 rings (SSSR count). The van der Waals surface area contributed by atoms with E-state index in [1.165, 1.54) is 6.42 Å². The molecule has 0 radical (unpaired) electrons. The van der Waals surface area contributed by atoms with Crippen molar-refractivity contribution in [2.75, 3.05) is 32.8 Å². The predicted octanol–water partition coefficient (Wildman–Crippen LogP) is 3.79. The van der Waals surface area contributed by atoms with Gasteiger partial charge in [0, 0.05) is 44.2 Å². The molecule has 2 saturated heterocycles. The van der Waals surface area contributed by atoms with Gasteiger partial charge in [0.2, 0.25) is 5.91 Å². The highest BCUT2D eigenvalue weighted by atomic mass is 16.5. The maximum atomic E-state index is 13.1. The van der Waals surface area contributed by atoms with Crippen LogP contribution in [0.1, 0.15) is 49.0 Å². The lowest BCUT2D eigenvalue weighted by Gasteiger charge is -2.42. The molecule has 0 spiro atoms. The third kappa shape index (κ3) is 5.43. The van der Waals surface area contributed by atoms with Gasteiger partial charge in [-0.3, -0.25) is 14.6 Å². The summed E-state index contributed by atoms with van der Waals surface area (Å²) in [6.45, 7) is 3.43. The average molecular weight is 422 g/mol. The molecule has 0 bridgehead atoms. The number of para-hydroxylation sites is 1. The van der Waals surface area contributed by atoms with Crippen LogP contribution in [-0.4, -0.2) is 59.4 Å². The number of likely N-dealkylation sites (tertiary alicyclic amines) is 2. The van der Waals surface area contributed by atoms with Gasteiger partial charge in [-0.25, -0.2) is 0 Å². The summed E-state index contributed by atoms with van der Waals surface area (Å²) in [5.41, 5.74) is 0.213. The van der Waals surface area contributed by atoms with Crippen molar-refractivity contribution in [2.45, 2.75) is 38.5 Å². The summed E-state index contributed by atoms with van der Waals surface area (Å²) in [5, 5.41) is 0. The molecule has 2 aliphatic rings. The molecule has 6 nitrogen and oxygen atoms in total. The molecule has 0 unspecified atom stereocenters. The Morgan fingerprint density at radius 3 is 2.26 bits per heavy atom. The van der Waals surface area contributed by atoms with Crippen molar-refractivity contribution in [3.63, 3.8) is 0 Å². The van der Waals surface area contributed by atoms with E-state index in [0.717, 1.165) is 44.5 Å². The van der Waals surface area contributed by atoms with Gasteiger partial charge in [0.25, 0.3) is 5.91 Å². The Morgan fingerprint density at radius 1 is 0.871 bits per heavy atom. The largest absolute Gasteiger partial charge is 0.493 e. The molecule has 31 heavy (non-hydrogen) atoms. The highest BCUT2D eigenvalue weighted by molar-refractivity contribution is 5.92. The number of aromatic nitrogens is 1. The van der Waals surface area contributed by atoms with Crippen LogP contribution in [0.15, 0.2) is 54.7 Å². The molecule has 2 aliphatic heterocycles. The summed E-state index contributed by atoms with van der Waals surface area (Å²) in [4.78, 5) is 34.0. The fraction of sp³-hybridized carbons (Fsp3) is 0.480. The van der Waals surface area contributed by atoms with Crippen LogP contribution in [0.4, 0.5) is 0 Å². The third-order valence-corrected chi connectivity index (χ3v) is 6.52. The number of rotatable bonds is 6.